The number of halogens is 1. The van der Waals surface area contributed by atoms with Crippen LogP contribution in [-0.4, -0.2) is 28.5 Å². The third-order valence-corrected chi connectivity index (χ3v) is 4.52. The lowest BCUT2D eigenvalue weighted by atomic mass is 9.96. The third-order valence-electron chi connectivity index (χ3n) is 4.52. The van der Waals surface area contributed by atoms with E-state index in [4.69, 9.17) is 0 Å². The van der Waals surface area contributed by atoms with Crippen molar-refractivity contribution in [3.8, 4) is 0 Å². The molecule has 0 bridgehead atoms. The Labute approximate surface area is 146 Å². The molecule has 1 aliphatic heterocycles. The molecule has 0 aliphatic carbocycles. The monoisotopic (exact) mass is 343 g/mol. The molecule has 1 aromatic carbocycles. The molecule has 1 saturated heterocycles. The Kier molecular flexibility index (Phi) is 5.28. The number of carbonyl (C=O) groups is 1. The van der Waals surface area contributed by atoms with E-state index in [-0.39, 0.29) is 23.2 Å². The van der Waals surface area contributed by atoms with Gasteiger partial charge in [0.25, 0.3) is 0 Å². The van der Waals surface area contributed by atoms with Crippen molar-refractivity contribution in [3.63, 3.8) is 0 Å². The van der Waals surface area contributed by atoms with Gasteiger partial charge in [0.15, 0.2) is 0 Å². The number of nitrogens with zero attached hydrogens (tertiary/aromatic N) is 2. The fraction of sp³-hybridized carbons (Fsp3) is 0.368. The third kappa shape index (κ3) is 4.54. The zero-order chi connectivity index (χ0) is 17.8. The Balaban J connectivity index is 1.61. The van der Waals surface area contributed by atoms with E-state index in [0.29, 0.717) is 18.8 Å². The molecule has 1 aromatic heterocycles. The minimum absolute atomic E-state index is 0.0393. The van der Waals surface area contributed by atoms with Crippen LogP contribution in [-0.2, 0) is 18.4 Å². The van der Waals surface area contributed by atoms with Crippen LogP contribution in [0, 0.1) is 11.7 Å². The normalized spacial score (nSPS) is 18.1. The molecular formula is C19H22FN3O2. The minimum Gasteiger partial charge on any atom is -0.325 e. The van der Waals surface area contributed by atoms with Crippen molar-refractivity contribution in [3.05, 3.63) is 64.3 Å². The van der Waals surface area contributed by atoms with E-state index >= 15 is 0 Å². The molecule has 1 N–H and O–H groups in total. The molecule has 0 radical (unpaired) electrons. The smallest absolute Gasteiger partial charge is 0.250 e. The molecule has 1 aliphatic rings. The largest absolute Gasteiger partial charge is 0.325 e. The van der Waals surface area contributed by atoms with Gasteiger partial charge in [-0.25, -0.2) is 4.39 Å². The van der Waals surface area contributed by atoms with Gasteiger partial charge < -0.3 is 9.88 Å². The molecule has 1 fully saturated rings. The van der Waals surface area contributed by atoms with Crippen molar-refractivity contribution in [2.24, 2.45) is 13.0 Å². The number of pyridine rings is 1. The number of anilines is 1. The van der Waals surface area contributed by atoms with Crippen LogP contribution < -0.4 is 10.9 Å². The summed E-state index contributed by atoms with van der Waals surface area (Å²) in [7, 11) is 1.65. The van der Waals surface area contributed by atoms with Crippen LogP contribution in [0.15, 0.2) is 47.4 Å². The van der Waals surface area contributed by atoms with Crippen LogP contribution in [0.4, 0.5) is 10.1 Å². The molecule has 3 rings (SSSR count). The summed E-state index contributed by atoms with van der Waals surface area (Å²) in [6.07, 6.45) is 3.38. The highest BCUT2D eigenvalue weighted by molar-refractivity contribution is 5.92. The second-order valence-electron chi connectivity index (χ2n) is 6.56. The summed E-state index contributed by atoms with van der Waals surface area (Å²) in [5.41, 5.74) is 1.42. The summed E-state index contributed by atoms with van der Waals surface area (Å²) in [6.45, 7) is 2.19. The predicted molar refractivity (Wildman–Crippen MR) is 94.7 cm³/mol. The number of benzene rings is 1. The van der Waals surface area contributed by atoms with Gasteiger partial charge in [-0.05, 0) is 43.1 Å². The van der Waals surface area contributed by atoms with Crippen LogP contribution in [0.1, 0.15) is 18.4 Å². The lowest BCUT2D eigenvalue weighted by Gasteiger charge is -2.32. The number of likely N-dealkylation sites (tertiary alicyclic amines) is 1. The quantitative estimate of drug-likeness (QED) is 0.927. The summed E-state index contributed by atoms with van der Waals surface area (Å²) < 4.78 is 14.8. The molecule has 2 heterocycles. The fourth-order valence-electron chi connectivity index (χ4n) is 3.22. The number of amides is 1. The molecule has 5 nitrogen and oxygen atoms in total. The van der Waals surface area contributed by atoms with Crippen LogP contribution >= 0.6 is 0 Å². The van der Waals surface area contributed by atoms with Crippen LogP contribution in [0.2, 0.25) is 0 Å². The standard InChI is InChI=1S/C19H22FN3O2/c1-22-13-17(7-8-18(22)24)21-19(25)15-5-3-9-23(12-15)11-14-4-2-6-16(20)10-14/h2,4,6-8,10,13,15H,3,5,9,11-12H2,1H3,(H,21,25)/t15-/m0/s1. The zero-order valence-corrected chi connectivity index (χ0v) is 14.2. The van der Waals surface area contributed by atoms with Crippen molar-refractivity contribution >= 4 is 11.6 Å². The number of carbonyl (C=O) groups excluding carboxylic acids is 1. The first-order chi connectivity index (χ1) is 12.0. The minimum atomic E-state index is -0.238. The average molecular weight is 343 g/mol. The highest BCUT2D eigenvalue weighted by Gasteiger charge is 2.26. The first kappa shape index (κ1) is 17.4. The molecule has 6 heteroatoms. The number of aryl methyl sites for hydroxylation is 1. The molecule has 132 valence electrons. The highest BCUT2D eigenvalue weighted by atomic mass is 19.1. The number of hydrogen-bond acceptors (Lipinski definition) is 3. The number of nitrogens with one attached hydrogen (secondary N) is 1. The second kappa shape index (κ2) is 7.61. The van der Waals surface area contributed by atoms with Gasteiger partial charge in [-0.1, -0.05) is 12.1 Å². The van der Waals surface area contributed by atoms with Crippen LogP contribution in [0.5, 0.6) is 0 Å². The van der Waals surface area contributed by atoms with Gasteiger partial charge in [-0.2, -0.15) is 0 Å². The maximum Gasteiger partial charge on any atom is 0.250 e. The zero-order valence-electron chi connectivity index (χ0n) is 14.2. The second-order valence-corrected chi connectivity index (χ2v) is 6.56. The van der Waals surface area contributed by atoms with Gasteiger partial charge >= 0.3 is 0 Å². The Bertz CT molecular complexity index is 818. The summed E-state index contributed by atoms with van der Waals surface area (Å²) >= 11 is 0. The van der Waals surface area contributed by atoms with E-state index in [0.717, 1.165) is 24.9 Å². The number of rotatable bonds is 4. The number of piperidine rings is 1. The van der Waals surface area contributed by atoms with E-state index < -0.39 is 0 Å². The maximum atomic E-state index is 13.3. The molecule has 0 spiro atoms. The van der Waals surface area contributed by atoms with Gasteiger partial charge in [0, 0.05) is 32.4 Å². The SMILES string of the molecule is Cn1cc(NC(=O)[C@H]2CCCN(Cc3cccc(F)c3)C2)ccc1=O. The maximum absolute atomic E-state index is 13.3. The Hall–Kier alpha value is -2.47. The summed E-state index contributed by atoms with van der Waals surface area (Å²) in [5.74, 6) is -0.388. The predicted octanol–water partition coefficient (Wildman–Crippen LogP) is 2.38. The first-order valence-corrected chi connectivity index (χ1v) is 8.45. The Morgan fingerprint density at radius 1 is 1.32 bits per heavy atom. The van der Waals surface area contributed by atoms with Gasteiger partial charge in [-0.15, -0.1) is 0 Å². The molecule has 0 saturated carbocycles. The van der Waals surface area contributed by atoms with E-state index in [2.05, 4.69) is 10.2 Å². The van der Waals surface area contributed by atoms with Crippen molar-refractivity contribution in [2.75, 3.05) is 18.4 Å². The molecule has 2 aromatic rings. The Morgan fingerprint density at radius 2 is 2.16 bits per heavy atom. The van der Waals surface area contributed by atoms with Crippen molar-refractivity contribution in [1.82, 2.24) is 9.47 Å². The lowest BCUT2D eigenvalue weighted by Crippen LogP contribution is -2.40. The average Bonchev–Trinajstić information content (AvgIpc) is 2.58. The fourth-order valence-corrected chi connectivity index (χ4v) is 3.22. The topological polar surface area (TPSA) is 54.3 Å². The van der Waals surface area contributed by atoms with E-state index in [9.17, 15) is 14.0 Å². The van der Waals surface area contributed by atoms with Gasteiger partial charge in [0.2, 0.25) is 11.5 Å². The highest BCUT2D eigenvalue weighted by Crippen LogP contribution is 2.20. The molecular weight excluding hydrogens is 321 g/mol. The van der Waals surface area contributed by atoms with Gasteiger partial charge in [-0.3, -0.25) is 14.5 Å². The van der Waals surface area contributed by atoms with Crippen molar-refractivity contribution in [1.29, 1.82) is 0 Å². The van der Waals surface area contributed by atoms with E-state index in [1.54, 1.807) is 25.4 Å². The van der Waals surface area contributed by atoms with Crippen LogP contribution in [0.3, 0.4) is 0 Å². The number of hydrogen-bond donors (Lipinski definition) is 1. The van der Waals surface area contributed by atoms with E-state index in [1.165, 1.54) is 22.8 Å². The van der Waals surface area contributed by atoms with Crippen molar-refractivity contribution in [2.45, 2.75) is 19.4 Å². The molecule has 1 amide bonds. The Morgan fingerprint density at radius 3 is 2.92 bits per heavy atom. The van der Waals surface area contributed by atoms with Crippen LogP contribution in [0.25, 0.3) is 0 Å². The summed E-state index contributed by atoms with van der Waals surface area (Å²) in [6, 6.07) is 9.63. The summed E-state index contributed by atoms with van der Waals surface area (Å²) in [5, 5.41) is 2.89. The lowest BCUT2D eigenvalue weighted by molar-refractivity contribution is -0.121. The molecule has 1 atom stereocenters. The first-order valence-electron chi connectivity index (χ1n) is 8.45. The molecule has 0 unspecified atom stereocenters. The number of aromatic nitrogens is 1. The summed E-state index contributed by atoms with van der Waals surface area (Å²) in [4.78, 5) is 26.1. The molecule has 25 heavy (non-hydrogen) atoms. The van der Waals surface area contributed by atoms with Gasteiger partial charge in [0.05, 0.1) is 11.6 Å². The van der Waals surface area contributed by atoms with Crippen molar-refractivity contribution < 1.29 is 9.18 Å². The van der Waals surface area contributed by atoms with Gasteiger partial charge in [0.1, 0.15) is 5.82 Å². The van der Waals surface area contributed by atoms with E-state index in [1.807, 2.05) is 6.07 Å².